The second-order valence-electron chi connectivity index (χ2n) is 10.5. The van der Waals surface area contributed by atoms with Crippen LogP contribution in [0.3, 0.4) is 0 Å². The molecule has 0 unspecified atom stereocenters. The van der Waals surface area contributed by atoms with E-state index < -0.39 is 0 Å². The highest BCUT2D eigenvalue weighted by molar-refractivity contribution is 6.20. The molecule has 0 amide bonds. The van der Waals surface area contributed by atoms with E-state index >= 15 is 0 Å². The van der Waals surface area contributed by atoms with Gasteiger partial charge >= 0.3 is 0 Å². The molecule has 0 saturated heterocycles. The molecule has 3 aromatic heterocycles. The molecule has 0 N–H and O–H groups in total. The Kier molecular flexibility index (Phi) is 4.61. The molecule has 41 heavy (non-hydrogen) atoms. The van der Waals surface area contributed by atoms with Crippen molar-refractivity contribution in [2.45, 2.75) is 0 Å². The largest absolute Gasteiger partial charge is 0.456 e. The number of hydrogen-bond acceptors (Lipinski definition) is 2. The van der Waals surface area contributed by atoms with Crippen LogP contribution in [0.1, 0.15) is 0 Å². The fraction of sp³-hybridized carbons (Fsp3) is 0. The quantitative estimate of drug-likeness (QED) is 0.230. The number of fused-ring (bicyclic) bond motifs is 8. The van der Waals surface area contributed by atoms with Crippen LogP contribution in [0, 0.1) is 0 Å². The summed E-state index contributed by atoms with van der Waals surface area (Å²) < 4.78 is 14.9. The Bertz CT molecular complexity index is 2400. The first-order chi connectivity index (χ1) is 20.3. The van der Waals surface area contributed by atoms with Gasteiger partial charge < -0.3 is 13.4 Å². The number of hydrogen-bond donors (Lipinski definition) is 0. The van der Waals surface area contributed by atoms with Gasteiger partial charge in [0.2, 0.25) is 0 Å². The normalized spacial score (nSPS) is 11.9. The van der Waals surface area contributed by atoms with Crippen molar-refractivity contribution in [1.82, 2.24) is 4.57 Å². The number of nitrogens with zero attached hydrogens (tertiary/aromatic N) is 1. The zero-order chi connectivity index (χ0) is 26.9. The highest BCUT2D eigenvalue weighted by Crippen LogP contribution is 2.43. The number of furan rings is 2. The third kappa shape index (κ3) is 3.26. The summed E-state index contributed by atoms with van der Waals surface area (Å²) in [6, 6.07) is 48.9. The van der Waals surface area contributed by atoms with Gasteiger partial charge in [0, 0.05) is 21.8 Å². The lowest BCUT2D eigenvalue weighted by Gasteiger charge is -2.10. The van der Waals surface area contributed by atoms with E-state index in [2.05, 4.69) is 132 Å². The van der Waals surface area contributed by atoms with Crippen LogP contribution in [0.25, 0.3) is 82.9 Å². The minimum absolute atomic E-state index is 0.893. The first kappa shape index (κ1) is 22.3. The van der Waals surface area contributed by atoms with Crippen LogP contribution < -0.4 is 0 Å². The van der Waals surface area contributed by atoms with Gasteiger partial charge in [-0.2, -0.15) is 0 Å². The third-order valence-electron chi connectivity index (χ3n) is 8.22. The molecule has 192 valence electrons. The lowest BCUT2D eigenvalue weighted by molar-refractivity contribution is 0.669. The summed E-state index contributed by atoms with van der Waals surface area (Å²) in [5, 5.41) is 4.53. The third-order valence-corrected chi connectivity index (χ3v) is 8.22. The van der Waals surface area contributed by atoms with E-state index in [1.54, 1.807) is 0 Å². The lowest BCUT2D eigenvalue weighted by Crippen LogP contribution is -1.93. The van der Waals surface area contributed by atoms with Gasteiger partial charge in [-0.1, -0.05) is 91.0 Å². The Morgan fingerprint density at radius 1 is 0.439 bits per heavy atom. The molecule has 3 heterocycles. The lowest BCUT2D eigenvalue weighted by atomic mass is 9.97. The van der Waals surface area contributed by atoms with E-state index in [1.165, 1.54) is 11.1 Å². The highest BCUT2D eigenvalue weighted by atomic mass is 16.3. The summed E-state index contributed by atoms with van der Waals surface area (Å²) in [6.45, 7) is 0. The maximum absolute atomic E-state index is 6.56. The van der Waals surface area contributed by atoms with Crippen molar-refractivity contribution in [2.24, 2.45) is 0 Å². The van der Waals surface area contributed by atoms with Gasteiger partial charge in [0.1, 0.15) is 22.3 Å². The van der Waals surface area contributed by atoms with Crippen molar-refractivity contribution in [2.75, 3.05) is 0 Å². The minimum Gasteiger partial charge on any atom is -0.456 e. The van der Waals surface area contributed by atoms with E-state index in [0.717, 1.165) is 71.7 Å². The molecule has 3 nitrogen and oxygen atoms in total. The number of aromatic nitrogens is 1. The van der Waals surface area contributed by atoms with Crippen LogP contribution >= 0.6 is 0 Å². The molecular formula is C38H23NO2. The van der Waals surface area contributed by atoms with E-state index in [-0.39, 0.29) is 0 Å². The summed E-state index contributed by atoms with van der Waals surface area (Å²) >= 11 is 0. The van der Waals surface area contributed by atoms with E-state index in [9.17, 15) is 0 Å². The minimum atomic E-state index is 0.893. The smallest absolute Gasteiger partial charge is 0.161 e. The fourth-order valence-corrected chi connectivity index (χ4v) is 6.34. The first-order valence-electron chi connectivity index (χ1n) is 13.9. The summed E-state index contributed by atoms with van der Waals surface area (Å²) in [6.07, 6.45) is 0. The van der Waals surface area contributed by atoms with Crippen LogP contribution in [-0.4, -0.2) is 4.57 Å². The maximum atomic E-state index is 6.56. The molecule has 6 aromatic carbocycles. The van der Waals surface area contributed by atoms with E-state index in [4.69, 9.17) is 8.83 Å². The molecule has 0 aliphatic rings. The van der Waals surface area contributed by atoms with Crippen molar-refractivity contribution in [3.05, 3.63) is 140 Å². The van der Waals surface area contributed by atoms with Crippen LogP contribution in [0.2, 0.25) is 0 Å². The first-order valence-corrected chi connectivity index (χ1v) is 13.9. The van der Waals surface area contributed by atoms with Crippen LogP contribution in [0.5, 0.6) is 0 Å². The average molecular weight is 526 g/mol. The van der Waals surface area contributed by atoms with Crippen molar-refractivity contribution in [3.8, 4) is 27.9 Å². The Labute approximate surface area is 235 Å². The molecule has 0 saturated carbocycles. The van der Waals surface area contributed by atoms with Crippen LogP contribution in [-0.2, 0) is 0 Å². The van der Waals surface area contributed by atoms with Gasteiger partial charge in [-0.15, -0.1) is 0 Å². The van der Waals surface area contributed by atoms with Gasteiger partial charge in [0.15, 0.2) is 5.58 Å². The second kappa shape index (κ2) is 8.48. The molecule has 9 aromatic rings. The number of rotatable bonds is 3. The topological polar surface area (TPSA) is 31.2 Å². The van der Waals surface area contributed by atoms with Gasteiger partial charge in [-0.05, 0) is 70.8 Å². The predicted octanol–water partition coefficient (Wildman–Crippen LogP) is 10.8. The Morgan fingerprint density at radius 2 is 1.12 bits per heavy atom. The van der Waals surface area contributed by atoms with Gasteiger partial charge in [0.25, 0.3) is 0 Å². The molecule has 0 atom stereocenters. The van der Waals surface area contributed by atoms with E-state index in [0.29, 0.717) is 0 Å². The average Bonchev–Trinajstić information content (AvgIpc) is 3.70. The molecule has 0 aliphatic heterocycles. The summed E-state index contributed by atoms with van der Waals surface area (Å²) in [5.74, 6) is 0. The maximum Gasteiger partial charge on any atom is 0.161 e. The van der Waals surface area contributed by atoms with Crippen molar-refractivity contribution in [3.63, 3.8) is 0 Å². The number of para-hydroxylation sites is 3. The summed E-state index contributed by atoms with van der Waals surface area (Å²) in [7, 11) is 0. The fourth-order valence-electron chi connectivity index (χ4n) is 6.34. The standard InChI is InChI=1S/C38H23NO2/c1-2-9-27(10-3-1)39-32-14-6-4-12-30(32)38-37(39)36-28(13-8-16-35(36)41-38)25-19-17-24(18-20-25)26-21-22-34-31(23-26)29-11-5-7-15-33(29)40-34/h1-23H. The molecule has 0 spiro atoms. The summed E-state index contributed by atoms with van der Waals surface area (Å²) in [4.78, 5) is 0. The monoisotopic (exact) mass is 525 g/mol. The van der Waals surface area contributed by atoms with Crippen molar-refractivity contribution >= 4 is 54.9 Å². The summed E-state index contributed by atoms with van der Waals surface area (Å²) in [5.41, 5.74) is 11.7. The molecule has 0 fully saturated rings. The van der Waals surface area contributed by atoms with Gasteiger partial charge in [-0.25, -0.2) is 0 Å². The Hall–Kier alpha value is -5.54. The zero-order valence-corrected chi connectivity index (χ0v) is 22.0. The molecule has 9 rings (SSSR count). The van der Waals surface area contributed by atoms with E-state index in [1.807, 2.05) is 12.1 Å². The van der Waals surface area contributed by atoms with Gasteiger partial charge in [0.05, 0.1) is 10.9 Å². The Balaban J connectivity index is 1.23. The molecule has 0 bridgehead atoms. The van der Waals surface area contributed by atoms with Gasteiger partial charge in [-0.3, -0.25) is 0 Å². The second-order valence-corrected chi connectivity index (χ2v) is 10.5. The molecule has 0 aliphatic carbocycles. The predicted molar refractivity (Wildman–Crippen MR) is 169 cm³/mol. The van der Waals surface area contributed by atoms with Crippen LogP contribution in [0.4, 0.5) is 0 Å². The Morgan fingerprint density at radius 3 is 2.00 bits per heavy atom. The zero-order valence-electron chi connectivity index (χ0n) is 22.0. The molecule has 0 radical (unpaired) electrons. The van der Waals surface area contributed by atoms with Crippen LogP contribution in [0.15, 0.2) is 148 Å². The highest BCUT2D eigenvalue weighted by Gasteiger charge is 2.21. The number of benzene rings is 6. The van der Waals surface area contributed by atoms with Crippen molar-refractivity contribution < 1.29 is 8.83 Å². The SMILES string of the molecule is c1ccc(-n2c3ccccc3c3oc4cccc(-c5ccc(-c6ccc7oc8ccccc8c7c6)cc5)c4c32)cc1. The molecular weight excluding hydrogens is 502 g/mol. The molecule has 3 heteroatoms. The van der Waals surface area contributed by atoms with Crippen molar-refractivity contribution in [1.29, 1.82) is 0 Å².